The third kappa shape index (κ3) is 4.58. The lowest BCUT2D eigenvalue weighted by Gasteiger charge is -2.17. The molecular weight excluding hydrogens is 452 g/mol. The van der Waals surface area contributed by atoms with Crippen molar-refractivity contribution in [1.82, 2.24) is 4.57 Å². The number of rotatable bonds is 5. The molecule has 0 saturated carbocycles. The van der Waals surface area contributed by atoms with Gasteiger partial charge in [-0.05, 0) is 60.2 Å². The summed E-state index contributed by atoms with van der Waals surface area (Å²) in [6.45, 7) is 3.31. The highest BCUT2D eigenvalue weighted by Crippen LogP contribution is 2.31. The van der Waals surface area contributed by atoms with Crippen LogP contribution in [0.1, 0.15) is 21.6 Å². The predicted octanol–water partition coefficient (Wildman–Crippen LogP) is 5.27. The molecule has 4 rings (SSSR count). The minimum atomic E-state index is -0.772. The maximum atomic E-state index is 13.2. The molecule has 1 amide bonds. The molecule has 0 aliphatic carbocycles. The second kappa shape index (κ2) is 9.53. The maximum absolute atomic E-state index is 13.2. The number of hydrogen-bond donors (Lipinski definition) is 1. The molecule has 1 aromatic heterocycles. The highest BCUT2D eigenvalue weighted by atomic mass is 35.5. The summed E-state index contributed by atoms with van der Waals surface area (Å²) in [5.41, 5.74) is 3.51. The quantitative estimate of drug-likeness (QED) is 0.400. The molecule has 7 heteroatoms. The summed E-state index contributed by atoms with van der Waals surface area (Å²) < 4.78 is 6.63. The smallest absolute Gasteiger partial charge is 0.356 e. The Hall–Kier alpha value is -3.90. The van der Waals surface area contributed by atoms with Gasteiger partial charge in [0.05, 0.1) is 0 Å². The SMILES string of the molecule is Cc1ccc(C)c(NC(=O)COC(=O)c2c(-c3ccc(Cl)cc3)c3ccccc3c(=O)n2C)c1. The first-order chi connectivity index (χ1) is 16.3. The molecule has 0 saturated heterocycles. The number of nitrogens with one attached hydrogen (secondary N) is 1. The van der Waals surface area contributed by atoms with E-state index in [1.807, 2.05) is 32.0 Å². The number of carbonyl (C=O) groups is 2. The van der Waals surface area contributed by atoms with E-state index in [2.05, 4.69) is 5.32 Å². The Bertz CT molecular complexity index is 1470. The fourth-order valence-electron chi connectivity index (χ4n) is 3.87. The van der Waals surface area contributed by atoms with Crippen LogP contribution in [0, 0.1) is 13.8 Å². The van der Waals surface area contributed by atoms with E-state index < -0.39 is 18.5 Å². The van der Waals surface area contributed by atoms with Crippen LogP contribution in [-0.4, -0.2) is 23.1 Å². The number of fused-ring (bicyclic) bond motifs is 1. The van der Waals surface area contributed by atoms with Crippen LogP contribution in [-0.2, 0) is 16.6 Å². The number of aryl methyl sites for hydroxylation is 2. The number of pyridine rings is 1. The summed E-state index contributed by atoms with van der Waals surface area (Å²) in [6.07, 6.45) is 0. The monoisotopic (exact) mass is 474 g/mol. The molecule has 6 nitrogen and oxygen atoms in total. The summed E-state index contributed by atoms with van der Waals surface area (Å²) in [6, 6.07) is 19.7. The van der Waals surface area contributed by atoms with Gasteiger partial charge in [-0.15, -0.1) is 0 Å². The van der Waals surface area contributed by atoms with E-state index in [0.717, 1.165) is 11.1 Å². The van der Waals surface area contributed by atoms with E-state index in [9.17, 15) is 14.4 Å². The van der Waals surface area contributed by atoms with Gasteiger partial charge in [-0.3, -0.25) is 9.59 Å². The summed E-state index contributed by atoms with van der Waals surface area (Å²) in [7, 11) is 1.51. The molecule has 34 heavy (non-hydrogen) atoms. The molecule has 0 atom stereocenters. The van der Waals surface area contributed by atoms with Gasteiger partial charge in [0.25, 0.3) is 11.5 Å². The molecule has 0 aliphatic heterocycles. The molecule has 0 fully saturated rings. The molecule has 3 aromatic carbocycles. The highest BCUT2D eigenvalue weighted by Gasteiger charge is 2.23. The molecule has 1 heterocycles. The van der Waals surface area contributed by atoms with E-state index in [4.69, 9.17) is 16.3 Å². The Morgan fingerprint density at radius 1 is 0.971 bits per heavy atom. The lowest BCUT2D eigenvalue weighted by atomic mass is 9.97. The number of halogens is 1. The topological polar surface area (TPSA) is 77.4 Å². The molecular formula is C27H23ClN2O4. The number of ether oxygens (including phenoxy) is 1. The Morgan fingerprint density at radius 2 is 1.65 bits per heavy atom. The van der Waals surface area contributed by atoms with Crippen LogP contribution in [0.15, 0.2) is 71.5 Å². The van der Waals surface area contributed by atoms with Gasteiger partial charge in [-0.25, -0.2) is 4.79 Å². The van der Waals surface area contributed by atoms with E-state index in [1.54, 1.807) is 48.5 Å². The van der Waals surface area contributed by atoms with E-state index in [1.165, 1.54) is 11.6 Å². The number of aromatic nitrogens is 1. The summed E-state index contributed by atoms with van der Waals surface area (Å²) in [5.74, 6) is -1.24. The predicted molar refractivity (Wildman–Crippen MR) is 134 cm³/mol. The van der Waals surface area contributed by atoms with Crippen molar-refractivity contribution in [2.24, 2.45) is 7.05 Å². The largest absolute Gasteiger partial charge is 0.451 e. The first-order valence-corrected chi connectivity index (χ1v) is 11.1. The van der Waals surface area contributed by atoms with Crippen molar-refractivity contribution in [2.45, 2.75) is 13.8 Å². The van der Waals surface area contributed by atoms with Gasteiger partial charge in [0.1, 0.15) is 5.69 Å². The van der Waals surface area contributed by atoms with Gasteiger partial charge in [0.2, 0.25) is 0 Å². The fourth-order valence-corrected chi connectivity index (χ4v) is 4.00. The number of benzene rings is 3. The normalized spacial score (nSPS) is 10.8. The van der Waals surface area contributed by atoms with Crippen LogP contribution < -0.4 is 10.9 Å². The lowest BCUT2D eigenvalue weighted by Crippen LogP contribution is -2.28. The van der Waals surface area contributed by atoms with Crippen molar-refractivity contribution in [3.63, 3.8) is 0 Å². The van der Waals surface area contributed by atoms with Gasteiger partial charge in [-0.1, -0.05) is 54.1 Å². The molecule has 1 N–H and O–H groups in total. The minimum Gasteiger partial charge on any atom is -0.451 e. The molecule has 172 valence electrons. The Morgan fingerprint density at radius 3 is 2.35 bits per heavy atom. The zero-order valence-corrected chi connectivity index (χ0v) is 19.8. The van der Waals surface area contributed by atoms with Crippen molar-refractivity contribution in [1.29, 1.82) is 0 Å². The van der Waals surface area contributed by atoms with Gasteiger partial charge in [-0.2, -0.15) is 0 Å². The Labute approximate surface area is 201 Å². The number of amides is 1. The van der Waals surface area contributed by atoms with Gasteiger partial charge in [0.15, 0.2) is 6.61 Å². The molecule has 0 bridgehead atoms. The molecule has 0 unspecified atom stereocenters. The first kappa shape index (κ1) is 23.3. The van der Waals surface area contributed by atoms with Crippen LogP contribution in [0.4, 0.5) is 5.69 Å². The molecule has 0 aliphatic rings. The fraction of sp³-hybridized carbons (Fsp3) is 0.148. The Kier molecular flexibility index (Phi) is 6.52. The standard InChI is InChI=1S/C27H23ClN2O4/c1-16-8-9-17(2)22(14-16)29-23(31)15-34-27(33)25-24(18-10-12-19(28)13-11-18)20-6-4-5-7-21(20)26(32)30(25)3/h4-14H,15H2,1-3H3,(H,29,31). The minimum absolute atomic E-state index is 0.0607. The molecule has 0 radical (unpaired) electrons. The van der Waals surface area contributed by atoms with Crippen molar-refractivity contribution in [2.75, 3.05) is 11.9 Å². The highest BCUT2D eigenvalue weighted by molar-refractivity contribution is 6.30. The number of anilines is 1. The number of esters is 1. The third-order valence-corrected chi connectivity index (χ3v) is 5.88. The van der Waals surface area contributed by atoms with Gasteiger partial charge < -0.3 is 14.6 Å². The van der Waals surface area contributed by atoms with Crippen molar-refractivity contribution in [3.8, 4) is 11.1 Å². The van der Waals surface area contributed by atoms with Crippen molar-refractivity contribution >= 4 is 39.9 Å². The van der Waals surface area contributed by atoms with Crippen LogP contribution >= 0.6 is 11.6 Å². The van der Waals surface area contributed by atoms with Crippen LogP contribution in [0.25, 0.3) is 21.9 Å². The van der Waals surface area contributed by atoms with Crippen LogP contribution in [0.2, 0.25) is 5.02 Å². The van der Waals surface area contributed by atoms with Gasteiger partial charge >= 0.3 is 5.97 Å². The molecule has 0 spiro atoms. The van der Waals surface area contributed by atoms with Crippen molar-refractivity contribution in [3.05, 3.63) is 98.9 Å². The summed E-state index contributed by atoms with van der Waals surface area (Å²) in [5, 5.41) is 4.40. The maximum Gasteiger partial charge on any atom is 0.356 e. The third-order valence-electron chi connectivity index (χ3n) is 5.63. The van der Waals surface area contributed by atoms with E-state index in [-0.39, 0.29) is 11.3 Å². The number of carbonyl (C=O) groups excluding carboxylic acids is 2. The lowest BCUT2D eigenvalue weighted by molar-refractivity contribution is -0.119. The average molecular weight is 475 g/mol. The first-order valence-electron chi connectivity index (χ1n) is 10.7. The zero-order chi connectivity index (χ0) is 24.4. The zero-order valence-electron chi connectivity index (χ0n) is 19.0. The van der Waals surface area contributed by atoms with Crippen LogP contribution in [0.3, 0.4) is 0 Å². The van der Waals surface area contributed by atoms with Crippen LogP contribution in [0.5, 0.6) is 0 Å². The average Bonchev–Trinajstić information content (AvgIpc) is 2.82. The van der Waals surface area contributed by atoms with E-state index in [0.29, 0.717) is 32.6 Å². The van der Waals surface area contributed by atoms with Gasteiger partial charge in [0, 0.05) is 28.7 Å². The molecule has 4 aromatic rings. The Balaban J connectivity index is 1.70. The number of hydrogen-bond acceptors (Lipinski definition) is 4. The van der Waals surface area contributed by atoms with E-state index >= 15 is 0 Å². The summed E-state index contributed by atoms with van der Waals surface area (Å²) in [4.78, 5) is 38.7. The second-order valence-electron chi connectivity index (χ2n) is 8.08. The number of nitrogens with zero attached hydrogens (tertiary/aromatic N) is 1. The second-order valence-corrected chi connectivity index (χ2v) is 8.52. The summed E-state index contributed by atoms with van der Waals surface area (Å²) >= 11 is 6.06. The van der Waals surface area contributed by atoms with Crippen molar-refractivity contribution < 1.29 is 14.3 Å².